The van der Waals surface area contributed by atoms with E-state index in [1.807, 2.05) is 72.1 Å². The van der Waals surface area contributed by atoms with Gasteiger partial charge in [-0.05, 0) is 59.0 Å². The second-order valence-corrected chi connectivity index (χ2v) is 16.1. The molecule has 7 rings (SSSR count). The Morgan fingerprint density at radius 2 is 1.51 bits per heavy atom. The van der Waals surface area contributed by atoms with Gasteiger partial charge < -0.3 is 23.8 Å². The zero-order valence-electron chi connectivity index (χ0n) is 28.9. The third kappa shape index (κ3) is 8.29. The zero-order valence-corrected chi connectivity index (χ0v) is 32.8. The largest absolute Gasteiger partial charge is 0.514 e. The molecule has 1 aromatic heterocycles. The zero-order chi connectivity index (χ0) is 38.7. The number of anilines is 1. The highest BCUT2D eigenvalue weighted by atomic mass is 35.5. The maximum atomic E-state index is 14.6. The molecular formula is C40H31Cl3N2O8S2. The first-order valence-corrected chi connectivity index (χ1v) is 19.9. The number of carbonyl (C=O) groups excluding carboxylic acids is 4. The van der Waals surface area contributed by atoms with Gasteiger partial charge in [-0.25, -0.2) is 4.79 Å². The van der Waals surface area contributed by atoms with Crippen LogP contribution in [0.3, 0.4) is 0 Å². The Kier molecular flexibility index (Phi) is 11.6. The van der Waals surface area contributed by atoms with Crippen molar-refractivity contribution >= 4 is 86.8 Å². The molecule has 2 unspecified atom stereocenters. The number of thiophene rings is 1. The summed E-state index contributed by atoms with van der Waals surface area (Å²) in [6, 6.07) is 30.4. The molecule has 0 N–H and O–H groups in total. The third-order valence-electron chi connectivity index (χ3n) is 9.02. The number of ether oxygens (including phenoxy) is 4. The van der Waals surface area contributed by atoms with Crippen LogP contribution in [0.15, 0.2) is 115 Å². The number of benzene rings is 4. The molecule has 2 aliphatic heterocycles. The molecular weight excluding hydrogens is 807 g/mol. The van der Waals surface area contributed by atoms with E-state index in [0.29, 0.717) is 10.0 Å². The summed E-state index contributed by atoms with van der Waals surface area (Å²) in [5.74, 6) is -0.951. The van der Waals surface area contributed by atoms with Gasteiger partial charge in [0.05, 0.1) is 10.0 Å². The molecule has 3 atom stereocenters. The summed E-state index contributed by atoms with van der Waals surface area (Å²) in [6.07, 6.45) is -1.97. The van der Waals surface area contributed by atoms with Crippen molar-refractivity contribution in [2.24, 2.45) is 5.41 Å². The molecule has 0 spiro atoms. The summed E-state index contributed by atoms with van der Waals surface area (Å²) < 4.78 is 23.5. The molecule has 0 bridgehead atoms. The third-order valence-corrected chi connectivity index (χ3v) is 12.2. The average molecular weight is 838 g/mol. The summed E-state index contributed by atoms with van der Waals surface area (Å²) in [5.41, 5.74) is -0.0838. The molecule has 0 aliphatic carbocycles. The van der Waals surface area contributed by atoms with Crippen LogP contribution in [0.4, 0.5) is 9.80 Å². The molecule has 15 heteroatoms. The molecule has 2 amide bonds. The Balaban J connectivity index is 1.15. The number of carbonyl (C=O) groups is 4. The van der Waals surface area contributed by atoms with Gasteiger partial charge in [0.2, 0.25) is 11.8 Å². The molecule has 282 valence electrons. The van der Waals surface area contributed by atoms with Crippen LogP contribution in [0.25, 0.3) is 0 Å². The van der Waals surface area contributed by atoms with Crippen LogP contribution < -0.4 is 14.4 Å². The Hall–Kier alpha value is -4.72. The fraction of sp³-hybridized carbons (Fsp3) is 0.200. The lowest BCUT2D eigenvalue weighted by Gasteiger charge is -2.56. The van der Waals surface area contributed by atoms with Crippen LogP contribution in [-0.4, -0.2) is 59.2 Å². The van der Waals surface area contributed by atoms with Gasteiger partial charge >= 0.3 is 12.1 Å². The number of amides is 2. The highest BCUT2D eigenvalue weighted by Crippen LogP contribution is 2.47. The van der Waals surface area contributed by atoms with E-state index < -0.39 is 41.7 Å². The van der Waals surface area contributed by atoms with E-state index in [4.69, 9.17) is 53.8 Å². The number of fused-ring (bicyclic) bond motifs is 1. The smallest absolute Gasteiger partial charge is 0.452 e. The number of nitrogens with zero attached hydrogens (tertiary/aromatic N) is 2. The second kappa shape index (κ2) is 16.6. The van der Waals surface area contributed by atoms with Gasteiger partial charge in [0.1, 0.15) is 29.2 Å². The van der Waals surface area contributed by atoms with E-state index in [1.54, 1.807) is 24.3 Å². The Morgan fingerprint density at radius 1 is 0.855 bits per heavy atom. The molecule has 10 nitrogen and oxygen atoms in total. The van der Waals surface area contributed by atoms with Crippen molar-refractivity contribution in [3.05, 3.63) is 141 Å². The number of rotatable bonds is 11. The maximum absolute atomic E-state index is 14.6. The predicted octanol–water partition coefficient (Wildman–Crippen LogP) is 9.67. The average Bonchev–Trinajstić information content (AvgIpc) is 3.72. The van der Waals surface area contributed by atoms with E-state index in [9.17, 15) is 19.2 Å². The normalized spacial score (nSPS) is 18.9. The molecule has 2 aliphatic rings. The first-order chi connectivity index (χ1) is 26.5. The van der Waals surface area contributed by atoms with Crippen molar-refractivity contribution in [2.75, 3.05) is 23.8 Å². The van der Waals surface area contributed by atoms with Crippen molar-refractivity contribution in [2.45, 2.75) is 24.4 Å². The Labute approximate surface area is 339 Å². The van der Waals surface area contributed by atoms with Crippen LogP contribution in [0, 0.1) is 5.41 Å². The van der Waals surface area contributed by atoms with Crippen molar-refractivity contribution in [1.82, 2.24) is 4.90 Å². The Morgan fingerprint density at radius 3 is 2.13 bits per heavy atom. The molecule has 0 radical (unpaired) electrons. The first-order valence-electron chi connectivity index (χ1n) is 16.9. The molecule has 3 heterocycles. The quantitative estimate of drug-likeness (QED) is 0.0730. The fourth-order valence-electron chi connectivity index (χ4n) is 6.33. The standard InChI is InChI=1S/C40H31Cl3N2O8S2/c1-24(46)45(33-13-8-18-54-33)34-36(47)44-21-40(23-55-37(34)44,38(48)53-35(25-9-4-2-5-10-25)26-11-6-3-7-12-26)22-50-39(49)52-32-20-28(42)15-17-31(32)51-30-16-14-27(41)19-29(30)43/h2-20,34-35,37H,21-23H2,1H3/t34?,37-,40?/m1/s1. The van der Waals surface area contributed by atoms with Crippen molar-refractivity contribution in [3.63, 3.8) is 0 Å². The number of β-lactam (4-membered cyclic amide) rings is 1. The van der Waals surface area contributed by atoms with Crippen molar-refractivity contribution < 1.29 is 38.1 Å². The van der Waals surface area contributed by atoms with E-state index in [1.165, 1.54) is 58.0 Å². The minimum absolute atomic E-state index is 0.0786. The molecule has 0 saturated carbocycles. The van der Waals surface area contributed by atoms with E-state index in [0.717, 1.165) is 11.1 Å². The lowest BCUT2D eigenvalue weighted by Crippen LogP contribution is -2.74. The van der Waals surface area contributed by atoms with Crippen molar-refractivity contribution in [1.29, 1.82) is 0 Å². The molecule has 5 aromatic rings. The summed E-state index contributed by atoms with van der Waals surface area (Å²) in [7, 11) is 0. The summed E-state index contributed by atoms with van der Waals surface area (Å²) >= 11 is 21.2. The van der Waals surface area contributed by atoms with Crippen LogP contribution in [0.1, 0.15) is 24.2 Å². The summed E-state index contributed by atoms with van der Waals surface area (Å²) in [5, 5.41) is 2.90. The highest BCUT2D eigenvalue weighted by Gasteiger charge is 2.60. The predicted molar refractivity (Wildman–Crippen MR) is 212 cm³/mol. The second-order valence-electron chi connectivity index (χ2n) is 12.7. The van der Waals surface area contributed by atoms with Crippen molar-refractivity contribution in [3.8, 4) is 17.2 Å². The van der Waals surface area contributed by atoms with E-state index in [2.05, 4.69) is 0 Å². The number of thioether (sulfide) groups is 1. The monoisotopic (exact) mass is 836 g/mol. The van der Waals surface area contributed by atoms with Gasteiger partial charge in [0, 0.05) is 35.3 Å². The minimum atomic E-state index is -1.53. The van der Waals surface area contributed by atoms with Gasteiger partial charge in [0.15, 0.2) is 17.6 Å². The number of hydrogen-bond donors (Lipinski definition) is 0. The van der Waals surface area contributed by atoms with Gasteiger partial charge in [-0.1, -0.05) is 95.5 Å². The molecule has 2 fully saturated rings. The lowest BCUT2D eigenvalue weighted by molar-refractivity contribution is -0.168. The first kappa shape index (κ1) is 38.6. The fourth-order valence-corrected chi connectivity index (χ4v) is 9.31. The topological polar surface area (TPSA) is 112 Å². The minimum Gasteiger partial charge on any atom is -0.452 e. The number of hydrogen-bond acceptors (Lipinski definition) is 10. The van der Waals surface area contributed by atoms with Crippen LogP contribution in [0.2, 0.25) is 15.1 Å². The maximum Gasteiger partial charge on any atom is 0.514 e. The van der Waals surface area contributed by atoms with Gasteiger partial charge in [-0.3, -0.25) is 19.3 Å². The van der Waals surface area contributed by atoms with E-state index >= 15 is 0 Å². The van der Waals surface area contributed by atoms with Crippen LogP contribution in [0.5, 0.6) is 17.2 Å². The summed E-state index contributed by atoms with van der Waals surface area (Å²) in [4.78, 5) is 57.7. The SMILES string of the molecule is CC(=O)N(c1cccs1)C1C(=O)N2CC(COC(=O)Oc3cc(Cl)ccc3Oc3ccc(Cl)cc3Cl)(C(=O)OC(c3ccccc3)c3ccccc3)CS[C@H]12. The molecule has 55 heavy (non-hydrogen) atoms. The van der Waals surface area contributed by atoms with E-state index in [-0.39, 0.29) is 51.4 Å². The van der Waals surface area contributed by atoms with Gasteiger partial charge in [-0.15, -0.1) is 23.1 Å². The molecule has 2 saturated heterocycles. The van der Waals surface area contributed by atoms with Crippen LogP contribution in [-0.2, 0) is 23.9 Å². The Bertz CT molecular complexity index is 2170. The number of halogens is 3. The lowest BCUT2D eigenvalue weighted by atomic mass is 9.87. The number of esters is 1. The molecule has 4 aromatic carbocycles. The van der Waals surface area contributed by atoms with Gasteiger partial charge in [0.25, 0.3) is 0 Å². The van der Waals surface area contributed by atoms with Crippen LogP contribution >= 0.6 is 57.9 Å². The highest BCUT2D eigenvalue weighted by molar-refractivity contribution is 8.00. The summed E-state index contributed by atoms with van der Waals surface area (Å²) in [6.45, 7) is 0.771. The van der Waals surface area contributed by atoms with Gasteiger partial charge in [-0.2, -0.15) is 0 Å².